The van der Waals surface area contributed by atoms with Gasteiger partial charge in [-0.05, 0) is 80.7 Å². The summed E-state index contributed by atoms with van der Waals surface area (Å²) in [4.78, 5) is 23.8. The summed E-state index contributed by atoms with van der Waals surface area (Å²) in [6.07, 6.45) is 16.5. The van der Waals surface area contributed by atoms with Crippen molar-refractivity contribution in [1.29, 1.82) is 0 Å². The second kappa shape index (κ2) is 12.0. The second-order valence-electron chi connectivity index (χ2n) is 9.70. The molecule has 0 fully saturated rings. The SMILES string of the molecule is CCCCCCCCN1/C(=C/C=C/C=C2\C(=O)ON=C2c2ccccn2)Oc2c(C)c(C)c(C)c(C)c21. The Labute approximate surface area is 220 Å². The molecule has 6 nitrogen and oxygen atoms in total. The van der Waals surface area contributed by atoms with Crippen LogP contribution in [0.2, 0.25) is 0 Å². The van der Waals surface area contributed by atoms with Gasteiger partial charge in [0, 0.05) is 12.7 Å². The van der Waals surface area contributed by atoms with Gasteiger partial charge in [-0.25, -0.2) is 4.79 Å². The molecule has 0 saturated carbocycles. The largest absolute Gasteiger partial charge is 0.438 e. The van der Waals surface area contributed by atoms with E-state index in [1.54, 1.807) is 18.3 Å². The number of aromatic nitrogens is 1. The normalized spacial score (nSPS) is 17.1. The number of hydrogen-bond acceptors (Lipinski definition) is 6. The third-order valence-corrected chi connectivity index (χ3v) is 7.29. The van der Waals surface area contributed by atoms with Gasteiger partial charge in [0.15, 0.2) is 5.75 Å². The maximum atomic E-state index is 12.2. The van der Waals surface area contributed by atoms with Gasteiger partial charge in [-0.1, -0.05) is 62.4 Å². The van der Waals surface area contributed by atoms with Crippen LogP contribution in [0.25, 0.3) is 0 Å². The fourth-order valence-corrected chi connectivity index (χ4v) is 4.78. The topological polar surface area (TPSA) is 64.0 Å². The Morgan fingerprint density at radius 3 is 2.38 bits per heavy atom. The van der Waals surface area contributed by atoms with Crippen LogP contribution in [0.1, 0.15) is 73.4 Å². The first kappa shape index (κ1) is 26.4. The number of pyridine rings is 1. The molecule has 0 N–H and O–H groups in total. The van der Waals surface area contributed by atoms with Crippen LogP contribution in [0.15, 0.2) is 65.3 Å². The standard InChI is InChI=1S/C31H37N3O3/c1-6-7-8-9-10-15-20-34-27(36-30-24(5)22(3)21(2)23(4)29(30)34)18-12-11-16-25-28(33-37-31(25)35)26-17-13-14-19-32-26/h11-14,16-19H,6-10,15,20H2,1-5H3/b12-11+,25-16-,27-18-. The average molecular weight is 500 g/mol. The monoisotopic (exact) mass is 499 g/mol. The van der Waals surface area contributed by atoms with Crippen molar-refractivity contribution in [2.24, 2.45) is 5.16 Å². The Kier molecular flexibility index (Phi) is 8.59. The molecule has 0 spiro atoms. The summed E-state index contributed by atoms with van der Waals surface area (Å²) in [5, 5.41) is 3.91. The number of rotatable bonds is 10. The predicted octanol–water partition coefficient (Wildman–Crippen LogP) is 7.16. The number of ether oxygens (including phenoxy) is 1. The maximum Gasteiger partial charge on any atom is 0.368 e. The summed E-state index contributed by atoms with van der Waals surface area (Å²) in [6, 6.07) is 5.48. The highest BCUT2D eigenvalue weighted by atomic mass is 16.7. The van der Waals surface area contributed by atoms with Crippen molar-refractivity contribution in [3.8, 4) is 5.75 Å². The lowest BCUT2D eigenvalue weighted by Gasteiger charge is -2.21. The summed E-state index contributed by atoms with van der Waals surface area (Å²) in [5.74, 6) is 1.28. The van der Waals surface area contributed by atoms with Crippen LogP contribution in [0, 0.1) is 27.7 Å². The highest BCUT2D eigenvalue weighted by molar-refractivity contribution is 6.28. The number of nitrogens with zero attached hydrogens (tertiary/aromatic N) is 3. The van der Waals surface area contributed by atoms with Crippen molar-refractivity contribution in [3.05, 3.63) is 88.1 Å². The zero-order chi connectivity index (χ0) is 26.4. The quantitative estimate of drug-likeness (QED) is 0.197. The van der Waals surface area contributed by atoms with Crippen LogP contribution in [-0.4, -0.2) is 23.2 Å². The molecule has 3 heterocycles. The molecule has 0 unspecified atom stereocenters. The Morgan fingerprint density at radius 1 is 0.892 bits per heavy atom. The lowest BCUT2D eigenvalue weighted by Crippen LogP contribution is -2.22. The molecule has 0 aliphatic carbocycles. The molecule has 194 valence electrons. The van der Waals surface area contributed by atoms with E-state index >= 15 is 0 Å². The van der Waals surface area contributed by atoms with Crippen molar-refractivity contribution in [1.82, 2.24) is 4.98 Å². The molecule has 0 amide bonds. The van der Waals surface area contributed by atoms with Crippen LogP contribution < -0.4 is 9.64 Å². The number of fused-ring (bicyclic) bond motifs is 1. The molecular formula is C31H37N3O3. The first-order chi connectivity index (χ1) is 17.9. The van der Waals surface area contributed by atoms with E-state index in [4.69, 9.17) is 9.57 Å². The lowest BCUT2D eigenvalue weighted by atomic mass is 9.96. The Morgan fingerprint density at radius 2 is 1.62 bits per heavy atom. The van der Waals surface area contributed by atoms with E-state index in [1.165, 1.54) is 60.0 Å². The van der Waals surface area contributed by atoms with Gasteiger partial charge in [0.1, 0.15) is 5.71 Å². The third kappa shape index (κ3) is 5.68. The van der Waals surface area contributed by atoms with Crippen molar-refractivity contribution in [2.75, 3.05) is 11.4 Å². The number of benzene rings is 1. The first-order valence-corrected chi connectivity index (χ1v) is 13.3. The van der Waals surface area contributed by atoms with Gasteiger partial charge in [-0.3, -0.25) is 4.98 Å². The van der Waals surface area contributed by atoms with E-state index in [1.807, 2.05) is 30.4 Å². The smallest absolute Gasteiger partial charge is 0.368 e. The van der Waals surface area contributed by atoms with Gasteiger partial charge < -0.3 is 14.5 Å². The highest BCUT2D eigenvalue weighted by Crippen LogP contribution is 2.46. The lowest BCUT2D eigenvalue weighted by molar-refractivity contribution is -0.136. The molecule has 1 aromatic carbocycles. The molecule has 2 aliphatic heterocycles. The molecule has 2 aromatic rings. The molecule has 4 rings (SSSR count). The van der Waals surface area contributed by atoms with E-state index in [9.17, 15) is 4.79 Å². The summed E-state index contributed by atoms with van der Waals surface area (Å²) >= 11 is 0. The van der Waals surface area contributed by atoms with Crippen molar-refractivity contribution < 1.29 is 14.4 Å². The van der Waals surface area contributed by atoms with Crippen molar-refractivity contribution in [2.45, 2.75) is 73.1 Å². The fraction of sp³-hybridized carbons (Fsp3) is 0.387. The van der Waals surface area contributed by atoms with E-state index in [-0.39, 0.29) is 0 Å². The zero-order valence-corrected chi connectivity index (χ0v) is 22.6. The Bertz CT molecular complexity index is 1270. The fourth-order valence-electron chi connectivity index (χ4n) is 4.78. The van der Waals surface area contributed by atoms with Gasteiger partial charge in [-0.2, -0.15) is 0 Å². The maximum absolute atomic E-state index is 12.2. The molecule has 6 heteroatoms. The molecule has 0 radical (unpaired) electrons. The number of unbranched alkanes of at least 4 members (excludes halogenated alkanes) is 5. The molecule has 0 saturated heterocycles. The Hall–Kier alpha value is -3.67. The van der Waals surface area contributed by atoms with Crippen LogP contribution in [-0.2, 0) is 9.63 Å². The van der Waals surface area contributed by atoms with Gasteiger partial charge in [-0.15, -0.1) is 0 Å². The molecular weight excluding hydrogens is 462 g/mol. The number of carbonyl (C=O) groups excluding carboxylic acids is 1. The minimum atomic E-state index is -0.482. The van der Waals surface area contributed by atoms with Crippen LogP contribution >= 0.6 is 0 Å². The molecule has 2 aliphatic rings. The Balaban J connectivity index is 1.56. The van der Waals surface area contributed by atoms with Crippen molar-refractivity contribution >= 4 is 17.4 Å². The molecule has 0 bridgehead atoms. The highest BCUT2D eigenvalue weighted by Gasteiger charge is 2.31. The average Bonchev–Trinajstić information content (AvgIpc) is 3.47. The van der Waals surface area contributed by atoms with E-state index < -0.39 is 5.97 Å². The first-order valence-electron chi connectivity index (χ1n) is 13.3. The molecule has 0 atom stereocenters. The van der Waals surface area contributed by atoms with Crippen LogP contribution in [0.3, 0.4) is 0 Å². The van der Waals surface area contributed by atoms with Gasteiger partial charge in [0.05, 0.1) is 17.0 Å². The summed E-state index contributed by atoms with van der Waals surface area (Å²) < 4.78 is 6.44. The number of carbonyl (C=O) groups is 1. The minimum absolute atomic E-state index is 0.380. The third-order valence-electron chi connectivity index (χ3n) is 7.29. The number of anilines is 1. The van der Waals surface area contributed by atoms with E-state index in [0.717, 1.165) is 24.6 Å². The zero-order valence-electron chi connectivity index (χ0n) is 22.6. The number of hydrogen-bond donors (Lipinski definition) is 0. The van der Waals surface area contributed by atoms with Crippen LogP contribution in [0.4, 0.5) is 5.69 Å². The van der Waals surface area contributed by atoms with Crippen LogP contribution in [0.5, 0.6) is 5.75 Å². The van der Waals surface area contributed by atoms with Gasteiger partial charge >= 0.3 is 5.97 Å². The van der Waals surface area contributed by atoms with Crippen molar-refractivity contribution in [3.63, 3.8) is 0 Å². The summed E-state index contributed by atoms with van der Waals surface area (Å²) in [7, 11) is 0. The molecule has 1 aromatic heterocycles. The summed E-state index contributed by atoms with van der Waals surface area (Å²) in [6.45, 7) is 11.8. The predicted molar refractivity (Wildman–Crippen MR) is 149 cm³/mol. The van der Waals surface area contributed by atoms with Gasteiger partial charge in [0.25, 0.3) is 0 Å². The summed E-state index contributed by atoms with van der Waals surface area (Å²) in [5.41, 5.74) is 7.64. The van der Waals surface area contributed by atoms with Gasteiger partial charge in [0.2, 0.25) is 5.88 Å². The molecule has 37 heavy (non-hydrogen) atoms. The number of allylic oxidation sites excluding steroid dienone is 4. The van der Waals surface area contributed by atoms with E-state index in [0.29, 0.717) is 17.0 Å². The number of oxime groups is 1. The second-order valence-corrected chi connectivity index (χ2v) is 9.70. The van der Waals surface area contributed by atoms with E-state index in [2.05, 4.69) is 49.7 Å². The minimum Gasteiger partial charge on any atom is -0.438 e.